The second kappa shape index (κ2) is 6.43. The molecule has 0 aliphatic carbocycles. The van der Waals surface area contributed by atoms with E-state index >= 15 is 0 Å². The molecule has 1 amide bonds. The molecule has 116 valence electrons. The maximum absolute atomic E-state index is 11.9. The van der Waals surface area contributed by atoms with Crippen LogP contribution in [-0.2, 0) is 11.3 Å². The van der Waals surface area contributed by atoms with E-state index in [9.17, 15) is 14.4 Å². The van der Waals surface area contributed by atoms with Crippen LogP contribution in [0.5, 0.6) is 0 Å². The van der Waals surface area contributed by atoms with Crippen LogP contribution < -0.4 is 10.9 Å². The van der Waals surface area contributed by atoms with Gasteiger partial charge >= 0.3 is 12.1 Å². The zero-order valence-electron chi connectivity index (χ0n) is 12.5. The second-order valence-corrected chi connectivity index (χ2v) is 5.73. The number of rotatable bonds is 4. The number of hydrogen-bond donors (Lipinski definition) is 2. The Hall–Kier alpha value is -2.31. The maximum Gasteiger partial charge on any atom is 0.407 e. The number of nitrogens with one attached hydrogen (secondary N) is 1. The van der Waals surface area contributed by atoms with Crippen LogP contribution in [0.3, 0.4) is 0 Å². The van der Waals surface area contributed by atoms with Gasteiger partial charge in [-0.25, -0.2) is 9.59 Å². The number of aromatic carboxylic acids is 1. The fourth-order valence-electron chi connectivity index (χ4n) is 1.69. The first-order valence-corrected chi connectivity index (χ1v) is 6.52. The van der Waals surface area contributed by atoms with Gasteiger partial charge in [0.25, 0.3) is 5.56 Å². The first-order valence-electron chi connectivity index (χ1n) is 6.52. The molecule has 0 saturated heterocycles. The van der Waals surface area contributed by atoms with Crippen molar-refractivity contribution >= 4 is 12.1 Å². The SMILES string of the molecule is C[C@@H](Cn1cccc(C(=O)O)c1=O)NC(=O)OC(C)(C)C. The van der Waals surface area contributed by atoms with Gasteiger partial charge in [-0.2, -0.15) is 0 Å². The summed E-state index contributed by atoms with van der Waals surface area (Å²) < 4.78 is 6.35. The van der Waals surface area contributed by atoms with Gasteiger partial charge in [0.2, 0.25) is 0 Å². The molecule has 0 bridgehead atoms. The molecule has 0 aliphatic heterocycles. The van der Waals surface area contributed by atoms with Crippen LogP contribution in [0.25, 0.3) is 0 Å². The third-order valence-electron chi connectivity index (χ3n) is 2.48. The van der Waals surface area contributed by atoms with Gasteiger partial charge in [0.1, 0.15) is 11.2 Å². The summed E-state index contributed by atoms with van der Waals surface area (Å²) in [4.78, 5) is 34.4. The minimum Gasteiger partial charge on any atom is -0.477 e. The lowest BCUT2D eigenvalue weighted by Crippen LogP contribution is -2.41. The highest BCUT2D eigenvalue weighted by atomic mass is 16.6. The molecule has 7 nitrogen and oxygen atoms in total. The van der Waals surface area contributed by atoms with Gasteiger partial charge in [0, 0.05) is 18.8 Å². The molecule has 0 aromatic carbocycles. The third-order valence-corrected chi connectivity index (χ3v) is 2.48. The molecule has 7 heteroatoms. The molecule has 1 heterocycles. The average molecular weight is 296 g/mol. The molecular formula is C14H20N2O5. The molecular weight excluding hydrogens is 276 g/mol. The molecule has 0 radical (unpaired) electrons. The number of pyridine rings is 1. The van der Waals surface area contributed by atoms with E-state index < -0.39 is 23.2 Å². The van der Waals surface area contributed by atoms with Crippen LogP contribution in [-0.4, -0.2) is 33.4 Å². The smallest absolute Gasteiger partial charge is 0.407 e. The second-order valence-electron chi connectivity index (χ2n) is 5.73. The van der Waals surface area contributed by atoms with Crippen LogP contribution in [0.2, 0.25) is 0 Å². The fraction of sp³-hybridized carbons (Fsp3) is 0.500. The highest BCUT2D eigenvalue weighted by Crippen LogP contribution is 2.06. The van der Waals surface area contributed by atoms with Crippen LogP contribution in [0.15, 0.2) is 23.1 Å². The summed E-state index contributed by atoms with van der Waals surface area (Å²) in [5, 5.41) is 11.5. The zero-order chi connectivity index (χ0) is 16.2. The number of carboxylic acid groups (broad SMARTS) is 1. The molecule has 0 saturated carbocycles. The minimum absolute atomic E-state index is 0.152. The Labute approximate surface area is 122 Å². The van der Waals surface area contributed by atoms with Crippen molar-refractivity contribution in [3.05, 3.63) is 34.2 Å². The fourth-order valence-corrected chi connectivity index (χ4v) is 1.69. The summed E-state index contributed by atoms with van der Waals surface area (Å²) in [5.41, 5.74) is -1.52. The summed E-state index contributed by atoms with van der Waals surface area (Å²) >= 11 is 0. The quantitative estimate of drug-likeness (QED) is 0.876. The van der Waals surface area contributed by atoms with E-state index in [4.69, 9.17) is 9.84 Å². The number of ether oxygens (including phenoxy) is 1. The van der Waals surface area contributed by atoms with Crippen molar-refractivity contribution in [1.29, 1.82) is 0 Å². The summed E-state index contributed by atoms with van der Waals surface area (Å²) in [7, 11) is 0. The van der Waals surface area contributed by atoms with Gasteiger partial charge in [-0.1, -0.05) is 0 Å². The van der Waals surface area contributed by atoms with Crippen LogP contribution in [0.1, 0.15) is 38.1 Å². The van der Waals surface area contributed by atoms with Gasteiger partial charge in [0.05, 0.1) is 0 Å². The number of nitrogens with zero attached hydrogens (tertiary/aromatic N) is 1. The van der Waals surface area contributed by atoms with E-state index in [-0.39, 0.29) is 18.2 Å². The molecule has 0 unspecified atom stereocenters. The van der Waals surface area contributed by atoms with Crippen molar-refractivity contribution < 1.29 is 19.4 Å². The van der Waals surface area contributed by atoms with E-state index in [0.717, 1.165) is 0 Å². The highest BCUT2D eigenvalue weighted by molar-refractivity contribution is 5.86. The monoisotopic (exact) mass is 296 g/mol. The summed E-state index contributed by atoms with van der Waals surface area (Å²) in [6, 6.07) is 2.33. The van der Waals surface area contributed by atoms with Gasteiger partial charge < -0.3 is 19.7 Å². The lowest BCUT2D eigenvalue weighted by atomic mass is 10.2. The standard InChI is InChI=1S/C14H20N2O5/c1-9(15-13(20)21-14(2,3)4)8-16-7-5-6-10(11(16)17)12(18)19/h5-7,9H,8H2,1-4H3,(H,15,20)(H,18,19)/t9-/m0/s1. The average Bonchev–Trinajstić information content (AvgIpc) is 2.28. The normalized spacial score (nSPS) is 12.6. The maximum atomic E-state index is 11.9. The number of carbonyl (C=O) groups is 2. The Kier molecular flexibility index (Phi) is 5.12. The van der Waals surface area contributed by atoms with Crippen molar-refractivity contribution in [1.82, 2.24) is 9.88 Å². The highest BCUT2D eigenvalue weighted by Gasteiger charge is 2.18. The van der Waals surface area contributed by atoms with Crippen LogP contribution in [0.4, 0.5) is 4.79 Å². The summed E-state index contributed by atoms with van der Waals surface area (Å²) in [6.45, 7) is 7.09. The predicted octanol–water partition coefficient (Wildman–Crippen LogP) is 1.46. The Morgan fingerprint density at radius 2 is 2.05 bits per heavy atom. The molecule has 1 aromatic heterocycles. The minimum atomic E-state index is -1.28. The lowest BCUT2D eigenvalue weighted by molar-refractivity contribution is 0.0502. The molecule has 0 spiro atoms. The van der Waals surface area contributed by atoms with Crippen molar-refractivity contribution in [2.24, 2.45) is 0 Å². The summed E-state index contributed by atoms with van der Waals surface area (Å²) in [6.07, 6.45) is 0.889. The lowest BCUT2D eigenvalue weighted by Gasteiger charge is -2.22. The number of amides is 1. The molecule has 1 rings (SSSR count). The molecule has 1 aromatic rings. The first-order chi connectivity index (χ1) is 9.60. The van der Waals surface area contributed by atoms with Gasteiger partial charge in [-0.15, -0.1) is 0 Å². The van der Waals surface area contributed by atoms with Gasteiger partial charge in [-0.05, 0) is 39.8 Å². The molecule has 0 fully saturated rings. The Morgan fingerprint density at radius 1 is 1.43 bits per heavy atom. The van der Waals surface area contributed by atoms with Crippen molar-refractivity contribution in [3.8, 4) is 0 Å². The van der Waals surface area contributed by atoms with E-state index in [1.54, 1.807) is 27.7 Å². The van der Waals surface area contributed by atoms with Crippen LogP contribution in [0, 0.1) is 0 Å². The van der Waals surface area contributed by atoms with Gasteiger partial charge in [-0.3, -0.25) is 4.79 Å². The van der Waals surface area contributed by atoms with E-state index in [0.29, 0.717) is 0 Å². The molecule has 2 N–H and O–H groups in total. The van der Waals surface area contributed by atoms with Crippen LogP contribution >= 0.6 is 0 Å². The first kappa shape index (κ1) is 16.7. The predicted molar refractivity (Wildman–Crippen MR) is 76.5 cm³/mol. The number of aromatic nitrogens is 1. The van der Waals surface area contributed by atoms with E-state index in [1.165, 1.54) is 22.9 Å². The Bertz CT molecular complexity index is 586. The molecule has 1 atom stereocenters. The Balaban J connectivity index is 2.74. The van der Waals surface area contributed by atoms with E-state index in [1.807, 2.05) is 0 Å². The molecule has 21 heavy (non-hydrogen) atoms. The molecule has 0 aliphatic rings. The Morgan fingerprint density at radius 3 is 2.57 bits per heavy atom. The van der Waals surface area contributed by atoms with Crippen molar-refractivity contribution in [3.63, 3.8) is 0 Å². The largest absolute Gasteiger partial charge is 0.477 e. The van der Waals surface area contributed by atoms with E-state index in [2.05, 4.69) is 5.32 Å². The van der Waals surface area contributed by atoms with Crippen molar-refractivity contribution in [2.45, 2.75) is 45.9 Å². The number of hydrogen-bond acceptors (Lipinski definition) is 4. The summed E-state index contributed by atoms with van der Waals surface area (Å²) in [5.74, 6) is -1.28. The topological polar surface area (TPSA) is 97.6 Å². The number of carboxylic acids is 1. The number of carbonyl (C=O) groups excluding carboxylic acids is 1. The van der Waals surface area contributed by atoms with Crippen molar-refractivity contribution in [2.75, 3.05) is 0 Å². The van der Waals surface area contributed by atoms with Gasteiger partial charge in [0.15, 0.2) is 0 Å². The number of alkyl carbamates (subject to hydrolysis) is 1. The third kappa shape index (κ3) is 5.29. The zero-order valence-corrected chi connectivity index (χ0v) is 12.5.